The first-order valence-corrected chi connectivity index (χ1v) is 7.03. The Bertz CT molecular complexity index is 574. The van der Waals surface area contributed by atoms with E-state index < -0.39 is 0 Å². The Morgan fingerprint density at radius 1 is 1.10 bits per heavy atom. The van der Waals surface area contributed by atoms with Gasteiger partial charge in [0.25, 0.3) is 0 Å². The van der Waals surface area contributed by atoms with E-state index in [-0.39, 0.29) is 5.82 Å². The summed E-state index contributed by atoms with van der Waals surface area (Å²) in [5, 5.41) is 3.12. The van der Waals surface area contributed by atoms with Gasteiger partial charge in [-0.3, -0.25) is 0 Å². The highest BCUT2D eigenvalue weighted by molar-refractivity contribution is 5.46. The SMILES string of the molecule is CNCc1ccccc1OCCN(C)c1ccccc1F. The lowest BCUT2D eigenvalue weighted by Gasteiger charge is -2.20. The first kappa shape index (κ1) is 15.3. The van der Waals surface area contributed by atoms with Crippen LogP contribution in [-0.2, 0) is 6.54 Å². The summed E-state index contributed by atoms with van der Waals surface area (Å²) in [6, 6.07) is 14.7. The summed E-state index contributed by atoms with van der Waals surface area (Å²) >= 11 is 0. The van der Waals surface area contributed by atoms with Gasteiger partial charge < -0.3 is 15.0 Å². The van der Waals surface area contributed by atoms with Crippen molar-refractivity contribution in [3.8, 4) is 5.75 Å². The zero-order chi connectivity index (χ0) is 15.1. The molecule has 0 fully saturated rings. The molecule has 2 aromatic rings. The third-order valence-electron chi connectivity index (χ3n) is 3.29. The smallest absolute Gasteiger partial charge is 0.146 e. The summed E-state index contributed by atoms with van der Waals surface area (Å²) in [4.78, 5) is 1.86. The van der Waals surface area contributed by atoms with Gasteiger partial charge in [0.1, 0.15) is 18.2 Å². The maximum atomic E-state index is 13.7. The molecule has 3 nitrogen and oxygen atoms in total. The van der Waals surface area contributed by atoms with Crippen molar-refractivity contribution in [2.45, 2.75) is 6.54 Å². The summed E-state index contributed by atoms with van der Waals surface area (Å²) in [6.07, 6.45) is 0. The highest BCUT2D eigenvalue weighted by Gasteiger charge is 2.07. The minimum absolute atomic E-state index is 0.212. The average Bonchev–Trinajstić information content (AvgIpc) is 2.49. The van der Waals surface area contributed by atoms with Crippen molar-refractivity contribution in [3.05, 3.63) is 59.9 Å². The Labute approximate surface area is 125 Å². The number of benzene rings is 2. The van der Waals surface area contributed by atoms with E-state index in [1.165, 1.54) is 6.07 Å². The van der Waals surface area contributed by atoms with Crippen molar-refractivity contribution in [1.29, 1.82) is 0 Å². The van der Waals surface area contributed by atoms with Gasteiger partial charge in [-0.05, 0) is 25.2 Å². The Kier molecular flexibility index (Phi) is 5.58. The van der Waals surface area contributed by atoms with Crippen LogP contribution in [-0.4, -0.2) is 27.2 Å². The van der Waals surface area contributed by atoms with E-state index in [4.69, 9.17) is 4.74 Å². The van der Waals surface area contributed by atoms with Gasteiger partial charge in [0.2, 0.25) is 0 Å². The number of nitrogens with zero attached hydrogens (tertiary/aromatic N) is 1. The predicted molar refractivity (Wildman–Crippen MR) is 84.4 cm³/mol. The molecule has 4 heteroatoms. The molecule has 0 spiro atoms. The van der Waals surface area contributed by atoms with Crippen LogP contribution in [0.5, 0.6) is 5.75 Å². The first-order valence-electron chi connectivity index (χ1n) is 7.03. The summed E-state index contributed by atoms with van der Waals surface area (Å²) in [6.45, 7) is 1.89. The lowest BCUT2D eigenvalue weighted by atomic mass is 10.2. The van der Waals surface area contributed by atoms with Crippen LogP contribution in [0.2, 0.25) is 0 Å². The molecule has 0 radical (unpaired) electrons. The van der Waals surface area contributed by atoms with Gasteiger partial charge >= 0.3 is 0 Å². The number of ether oxygens (including phenoxy) is 1. The molecule has 0 aliphatic rings. The fourth-order valence-electron chi connectivity index (χ4n) is 2.16. The molecule has 21 heavy (non-hydrogen) atoms. The van der Waals surface area contributed by atoms with Crippen molar-refractivity contribution in [2.75, 3.05) is 32.1 Å². The molecule has 0 aliphatic heterocycles. The second kappa shape index (κ2) is 7.64. The average molecular weight is 288 g/mol. The van der Waals surface area contributed by atoms with E-state index >= 15 is 0 Å². The number of rotatable bonds is 7. The van der Waals surface area contributed by atoms with E-state index in [0.717, 1.165) is 17.9 Å². The maximum absolute atomic E-state index is 13.7. The monoisotopic (exact) mass is 288 g/mol. The van der Waals surface area contributed by atoms with Crippen LogP contribution in [0.15, 0.2) is 48.5 Å². The molecule has 0 aromatic heterocycles. The third kappa shape index (κ3) is 4.20. The fourth-order valence-corrected chi connectivity index (χ4v) is 2.16. The van der Waals surface area contributed by atoms with Crippen LogP contribution in [0.4, 0.5) is 10.1 Å². The van der Waals surface area contributed by atoms with E-state index in [0.29, 0.717) is 18.8 Å². The molecule has 2 rings (SSSR count). The topological polar surface area (TPSA) is 24.5 Å². The van der Waals surface area contributed by atoms with Crippen molar-refractivity contribution in [1.82, 2.24) is 5.32 Å². The van der Waals surface area contributed by atoms with E-state index in [9.17, 15) is 4.39 Å². The van der Waals surface area contributed by atoms with Crippen molar-refractivity contribution >= 4 is 5.69 Å². The Hall–Kier alpha value is -2.07. The Morgan fingerprint density at radius 2 is 1.81 bits per heavy atom. The Morgan fingerprint density at radius 3 is 2.57 bits per heavy atom. The van der Waals surface area contributed by atoms with Crippen LogP contribution < -0.4 is 15.0 Å². The van der Waals surface area contributed by atoms with Crippen LogP contribution in [0, 0.1) is 5.82 Å². The second-order valence-electron chi connectivity index (χ2n) is 4.86. The number of hydrogen-bond acceptors (Lipinski definition) is 3. The molecule has 0 amide bonds. The molecule has 0 atom stereocenters. The molecular weight excluding hydrogens is 267 g/mol. The quantitative estimate of drug-likeness (QED) is 0.847. The summed E-state index contributed by atoms with van der Waals surface area (Å²) in [7, 11) is 3.77. The molecular formula is C17H21FN2O. The summed E-state index contributed by atoms with van der Waals surface area (Å²) in [5.41, 5.74) is 1.71. The lowest BCUT2D eigenvalue weighted by Crippen LogP contribution is -2.24. The zero-order valence-electron chi connectivity index (χ0n) is 12.5. The van der Waals surface area contributed by atoms with Gasteiger partial charge in [0.15, 0.2) is 0 Å². The number of likely N-dealkylation sites (N-methyl/N-ethyl adjacent to an activating group) is 1. The third-order valence-corrected chi connectivity index (χ3v) is 3.29. The largest absolute Gasteiger partial charge is 0.491 e. The van der Waals surface area contributed by atoms with E-state index in [1.54, 1.807) is 12.1 Å². The predicted octanol–water partition coefficient (Wildman–Crippen LogP) is 3.06. The number of halogens is 1. The maximum Gasteiger partial charge on any atom is 0.146 e. The van der Waals surface area contributed by atoms with Crippen LogP contribution in [0.25, 0.3) is 0 Å². The highest BCUT2D eigenvalue weighted by atomic mass is 19.1. The van der Waals surface area contributed by atoms with Gasteiger partial charge in [-0.2, -0.15) is 0 Å². The van der Waals surface area contributed by atoms with Crippen molar-refractivity contribution in [3.63, 3.8) is 0 Å². The van der Waals surface area contributed by atoms with Crippen molar-refractivity contribution in [2.24, 2.45) is 0 Å². The molecule has 2 aromatic carbocycles. The van der Waals surface area contributed by atoms with Gasteiger partial charge in [-0.25, -0.2) is 4.39 Å². The number of anilines is 1. The molecule has 0 unspecified atom stereocenters. The van der Waals surface area contributed by atoms with Crippen LogP contribution in [0.3, 0.4) is 0 Å². The van der Waals surface area contributed by atoms with Crippen LogP contribution in [0.1, 0.15) is 5.56 Å². The molecule has 0 heterocycles. The van der Waals surface area contributed by atoms with Gasteiger partial charge in [0, 0.05) is 19.2 Å². The van der Waals surface area contributed by atoms with Gasteiger partial charge in [-0.1, -0.05) is 30.3 Å². The molecule has 0 saturated heterocycles. The molecule has 0 bridgehead atoms. The minimum Gasteiger partial charge on any atom is -0.491 e. The zero-order valence-corrected chi connectivity index (χ0v) is 12.5. The molecule has 0 aliphatic carbocycles. The van der Waals surface area contributed by atoms with Gasteiger partial charge in [0.05, 0.1) is 12.2 Å². The lowest BCUT2D eigenvalue weighted by molar-refractivity contribution is 0.321. The highest BCUT2D eigenvalue weighted by Crippen LogP contribution is 2.19. The standard InChI is InChI=1S/C17H21FN2O/c1-19-13-14-7-3-6-10-17(14)21-12-11-20(2)16-9-5-4-8-15(16)18/h3-10,19H,11-13H2,1-2H3. The summed E-state index contributed by atoms with van der Waals surface area (Å²) < 4.78 is 19.5. The van der Waals surface area contributed by atoms with E-state index in [2.05, 4.69) is 5.32 Å². The number of para-hydroxylation sites is 2. The van der Waals surface area contributed by atoms with Gasteiger partial charge in [-0.15, -0.1) is 0 Å². The fraction of sp³-hybridized carbons (Fsp3) is 0.294. The number of hydrogen-bond donors (Lipinski definition) is 1. The molecule has 0 saturated carbocycles. The molecule has 112 valence electrons. The van der Waals surface area contributed by atoms with Crippen molar-refractivity contribution < 1.29 is 9.13 Å². The number of nitrogens with one attached hydrogen (secondary N) is 1. The summed E-state index contributed by atoms with van der Waals surface area (Å²) in [5.74, 6) is 0.657. The first-order chi connectivity index (χ1) is 10.2. The molecule has 1 N–H and O–H groups in total. The van der Waals surface area contributed by atoms with E-state index in [1.807, 2.05) is 49.3 Å². The second-order valence-corrected chi connectivity index (χ2v) is 4.86. The Balaban J connectivity index is 1.91. The normalized spacial score (nSPS) is 10.4. The van der Waals surface area contributed by atoms with Crippen LogP contribution >= 0.6 is 0 Å². The minimum atomic E-state index is -0.212.